The average Bonchev–Trinajstić information content (AvgIpc) is 2.67. The van der Waals surface area contributed by atoms with Crippen LogP contribution in [0.15, 0.2) is 36.0 Å². The number of carboxylic acid groups (broad SMARTS) is 1. The van der Waals surface area contributed by atoms with E-state index in [4.69, 9.17) is 20.9 Å². The molecule has 8 nitrogen and oxygen atoms in total. The van der Waals surface area contributed by atoms with Crippen LogP contribution in [0.25, 0.3) is 10.9 Å². The van der Waals surface area contributed by atoms with Gasteiger partial charge in [-0.3, -0.25) is 5.41 Å². The van der Waals surface area contributed by atoms with Gasteiger partial charge in [-0.25, -0.2) is 14.8 Å². The minimum atomic E-state index is -1.12. The number of carbonyl (C=O) groups is 1. The van der Waals surface area contributed by atoms with Crippen LogP contribution in [0.3, 0.4) is 0 Å². The predicted molar refractivity (Wildman–Crippen MR) is 107 cm³/mol. The van der Waals surface area contributed by atoms with Gasteiger partial charge in [-0.2, -0.15) is 0 Å². The Kier molecular flexibility index (Phi) is 5.60. The number of benzene rings is 1. The summed E-state index contributed by atoms with van der Waals surface area (Å²) in [5, 5.41) is 21.4. The first kappa shape index (κ1) is 19.8. The first-order chi connectivity index (χ1) is 13.3. The van der Waals surface area contributed by atoms with Crippen LogP contribution in [0, 0.1) is 5.41 Å². The summed E-state index contributed by atoms with van der Waals surface area (Å²) in [4.78, 5) is 20.9. The summed E-state index contributed by atoms with van der Waals surface area (Å²) in [7, 11) is 1.45. The zero-order valence-corrected chi connectivity index (χ0v) is 16.0. The van der Waals surface area contributed by atoms with Crippen LogP contribution in [0.4, 0.5) is 5.82 Å². The summed E-state index contributed by atoms with van der Waals surface area (Å²) in [6.07, 6.45) is 3.59. The van der Waals surface area contributed by atoms with Gasteiger partial charge in [0.05, 0.1) is 5.52 Å². The van der Waals surface area contributed by atoms with Gasteiger partial charge in [0.2, 0.25) is 0 Å². The molecule has 5 N–H and O–H groups in total. The standard InChI is InChI=1S/C20H25N5O3/c1-12(21)11-16(22)24-18-14-5-3-4-6-15(14)23-17(25-18)13-7-9-20(28-2,10-8-13)19(26)27/h3-6,11,13H,7-10,21H2,1-2H3,(H,26,27)(H2,22,23,24,25)/b12-11-. The molecule has 1 aliphatic rings. The maximum atomic E-state index is 11.6. The monoisotopic (exact) mass is 383 g/mol. The summed E-state index contributed by atoms with van der Waals surface area (Å²) >= 11 is 0. The van der Waals surface area contributed by atoms with E-state index in [2.05, 4.69) is 10.3 Å². The number of hydrogen-bond donors (Lipinski definition) is 4. The largest absolute Gasteiger partial charge is 0.479 e. The number of carboxylic acids is 1. The van der Waals surface area contributed by atoms with E-state index < -0.39 is 11.6 Å². The maximum absolute atomic E-state index is 11.6. The zero-order chi connectivity index (χ0) is 20.3. The molecular formula is C20H25N5O3. The molecule has 0 amide bonds. The topological polar surface area (TPSA) is 134 Å². The second-order valence-corrected chi connectivity index (χ2v) is 7.15. The Morgan fingerprint density at radius 2 is 2.04 bits per heavy atom. The smallest absolute Gasteiger partial charge is 0.335 e. The zero-order valence-electron chi connectivity index (χ0n) is 16.0. The lowest BCUT2D eigenvalue weighted by Gasteiger charge is -2.35. The molecule has 0 bridgehead atoms. The van der Waals surface area contributed by atoms with Gasteiger partial charge >= 0.3 is 5.97 Å². The van der Waals surface area contributed by atoms with E-state index in [1.54, 1.807) is 6.92 Å². The van der Waals surface area contributed by atoms with Gasteiger partial charge in [-0.1, -0.05) is 12.1 Å². The Labute approximate surface area is 163 Å². The fourth-order valence-corrected chi connectivity index (χ4v) is 3.61. The number of allylic oxidation sites excluding steroid dienone is 1. The molecule has 0 unspecified atom stereocenters. The Balaban J connectivity index is 1.91. The number of fused-ring (bicyclic) bond motifs is 1. The normalized spacial score (nSPS) is 22.8. The number of para-hydroxylation sites is 1. The van der Waals surface area contributed by atoms with E-state index in [0.717, 1.165) is 10.9 Å². The van der Waals surface area contributed by atoms with Crippen LogP contribution < -0.4 is 11.1 Å². The highest BCUT2D eigenvalue weighted by atomic mass is 16.5. The Morgan fingerprint density at radius 3 is 2.64 bits per heavy atom. The van der Waals surface area contributed by atoms with Crippen LogP contribution in [0.1, 0.15) is 44.3 Å². The quantitative estimate of drug-likeness (QED) is 0.460. The van der Waals surface area contributed by atoms with E-state index in [9.17, 15) is 9.90 Å². The molecule has 0 aliphatic heterocycles. The molecule has 28 heavy (non-hydrogen) atoms. The van der Waals surface area contributed by atoms with Crippen molar-refractivity contribution in [3.63, 3.8) is 0 Å². The highest BCUT2D eigenvalue weighted by molar-refractivity contribution is 6.05. The first-order valence-corrected chi connectivity index (χ1v) is 9.19. The predicted octanol–water partition coefficient (Wildman–Crippen LogP) is 3.01. The van der Waals surface area contributed by atoms with Crippen molar-refractivity contribution in [3.05, 3.63) is 41.9 Å². The van der Waals surface area contributed by atoms with Crippen LogP contribution >= 0.6 is 0 Å². The number of rotatable bonds is 5. The van der Waals surface area contributed by atoms with Crippen molar-refractivity contribution < 1.29 is 14.6 Å². The SMILES string of the molecule is COC1(C(=O)O)CCC(c2nc(NC(=N)/C=C(/C)N)c3ccccc3n2)CC1. The van der Waals surface area contributed by atoms with Gasteiger partial charge in [0.15, 0.2) is 5.60 Å². The van der Waals surface area contributed by atoms with E-state index >= 15 is 0 Å². The number of nitrogens with two attached hydrogens (primary N) is 1. The molecule has 3 rings (SSSR count). The van der Waals surface area contributed by atoms with Gasteiger partial charge in [0, 0.05) is 24.1 Å². The fraction of sp³-hybridized carbons (Fsp3) is 0.400. The number of aromatic nitrogens is 2. The van der Waals surface area contributed by atoms with Crippen molar-refractivity contribution >= 4 is 28.5 Å². The van der Waals surface area contributed by atoms with Gasteiger partial charge in [-0.15, -0.1) is 0 Å². The minimum absolute atomic E-state index is 0.0359. The molecule has 1 aliphatic carbocycles. The van der Waals surface area contributed by atoms with Crippen molar-refractivity contribution in [2.75, 3.05) is 12.4 Å². The van der Waals surface area contributed by atoms with E-state index in [1.165, 1.54) is 13.2 Å². The van der Waals surface area contributed by atoms with Crippen molar-refractivity contribution in [1.82, 2.24) is 9.97 Å². The highest BCUT2D eigenvalue weighted by Gasteiger charge is 2.43. The minimum Gasteiger partial charge on any atom is -0.479 e. The van der Waals surface area contributed by atoms with Gasteiger partial charge < -0.3 is 20.9 Å². The van der Waals surface area contributed by atoms with Crippen molar-refractivity contribution in [3.8, 4) is 0 Å². The molecule has 1 aromatic heterocycles. The molecular weight excluding hydrogens is 358 g/mol. The Bertz CT molecular complexity index is 929. The lowest BCUT2D eigenvalue weighted by atomic mass is 9.78. The molecule has 2 aromatic rings. The van der Waals surface area contributed by atoms with Gasteiger partial charge in [0.1, 0.15) is 17.5 Å². The fourth-order valence-electron chi connectivity index (χ4n) is 3.61. The maximum Gasteiger partial charge on any atom is 0.335 e. The second kappa shape index (κ2) is 7.93. The second-order valence-electron chi connectivity index (χ2n) is 7.15. The molecule has 8 heteroatoms. The molecule has 148 valence electrons. The number of ether oxygens (including phenoxy) is 1. The lowest BCUT2D eigenvalue weighted by molar-refractivity contribution is -0.166. The Morgan fingerprint density at radius 1 is 1.36 bits per heavy atom. The third-order valence-electron chi connectivity index (χ3n) is 5.18. The summed E-state index contributed by atoms with van der Waals surface area (Å²) in [5.41, 5.74) is 5.83. The average molecular weight is 383 g/mol. The summed E-state index contributed by atoms with van der Waals surface area (Å²) in [6, 6.07) is 7.60. The van der Waals surface area contributed by atoms with Crippen LogP contribution in [0.2, 0.25) is 0 Å². The number of nitrogens with zero attached hydrogens (tertiary/aromatic N) is 2. The van der Waals surface area contributed by atoms with Crippen LogP contribution in [-0.4, -0.2) is 39.6 Å². The highest BCUT2D eigenvalue weighted by Crippen LogP contribution is 2.39. The molecule has 1 fully saturated rings. The van der Waals surface area contributed by atoms with Crippen molar-refractivity contribution in [1.29, 1.82) is 5.41 Å². The third kappa shape index (κ3) is 3.96. The molecule has 1 aromatic carbocycles. The number of hydrogen-bond acceptors (Lipinski definition) is 6. The summed E-state index contributed by atoms with van der Waals surface area (Å²) in [6.45, 7) is 1.71. The number of amidine groups is 1. The number of nitrogens with one attached hydrogen (secondary N) is 2. The molecule has 1 saturated carbocycles. The van der Waals surface area contributed by atoms with Gasteiger partial charge in [0.25, 0.3) is 0 Å². The molecule has 0 spiro atoms. The third-order valence-corrected chi connectivity index (χ3v) is 5.18. The number of aliphatic carboxylic acids is 1. The molecule has 0 atom stereocenters. The molecule has 0 radical (unpaired) electrons. The first-order valence-electron chi connectivity index (χ1n) is 9.19. The van der Waals surface area contributed by atoms with Crippen LogP contribution in [0.5, 0.6) is 0 Å². The number of anilines is 1. The Hall–Kier alpha value is -3.00. The van der Waals surface area contributed by atoms with E-state index in [-0.39, 0.29) is 11.8 Å². The molecule has 1 heterocycles. The lowest BCUT2D eigenvalue weighted by Crippen LogP contribution is -2.43. The van der Waals surface area contributed by atoms with E-state index in [1.807, 2.05) is 24.3 Å². The van der Waals surface area contributed by atoms with E-state index in [0.29, 0.717) is 43.0 Å². The summed E-state index contributed by atoms with van der Waals surface area (Å²) in [5.74, 6) is 0.451. The molecule has 0 saturated heterocycles. The van der Waals surface area contributed by atoms with Gasteiger partial charge in [-0.05, 0) is 50.8 Å². The summed E-state index contributed by atoms with van der Waals surface area (Å²) < 4.78 is 5.31. The van der Waals surface area contributed by atoms with Crippen molar-refractivity contribution in [2.24, 2.45) is 5.73 Å². The van der Waals surface area contributed by atoms with Crippen LogP contribution in [-0.2, 0) is 9.53 Å². The van der Waals surface area contributed by atoms with Crippen molar-refractivity contribution in [2.45, 2.75) is 44.1 Å². The number of methoxy groups -OCH3 is 1.